The van der Waals surface area contributed by atoms with Gasteiger partial charge < -0.3 is 4.90 Å². The van der Waals surface area contributed by atoms with E-state index in [1.54, 1.807) is 30.0 Å². The normalized spacial score (nSPS) is 17.4. The molecule has 0 radical (unpaired) electrons. The Kier molecular flexibility index (Phi) is 6.54. The fraction of sp³-hybridized carbons (Fsp3) is 0.524. The van der Waals surface area contributed by atoms with Gasteiger partial charge in [-0.2, -0.15) is 0 Å². The first kappa shape index (κ1) is 22.8. The van der Waals surface area contributed by atoms with Gasteiger partial charge in [0, 0.05) is 17.8 Å². The van der Waals surface area contributed by atoms with Gasteiger partial charge in [-0.1, -0.05) is 52.3 Å². The SMILES string of the molecule is CC1(C)CCN(c2c(Cl)cccc2NS(=O)(=O)c2ccc(SC(C)(C)C)s2)CC1. The van der Waals surface area contributed by atoms with E-state index in [0.717, 1.165) is 35.8 Å². The molecule has 2 heterocycles. The van der Waals surface area contributed by atoms with Crippen molar-refractivity contribution in [2.75, 3.05) is 22.7 Å². The Morgan fingerprint density at radius 2 is 1.79 bits per heavy atom. The number of anilines is 2. The Morgan fingerprint density at radius 3 is 2.41 bits per heavy atom. The van der Waals surface area contributed by atoms with Crippen LogP contribution in [0.3, 0.4) is 0 Å². The molecule has 160 valence electrons. The molecule has 0 atom stereocenters. The second kappa shape index (κ2) is 8.33. The second-order valence-corrected chi connectivity index (χ2v) is 14.7. The van der Waals surface area contributed by atoms with Crippen molar-refractivity contribution in [2.24, 2.45) is 5.41 Å². The number of piperidine rings is 1. The lowest BCUT2D eigenvalue weighted by atomic mass is 9.82. The van der Waals surface area contributed by atoms with Crippen LogP contribution in [0, 0.1) is 5.41 Å². The van der Waals surface area contributed by atoms with E-state index in [-0.39, 0.29) is 4.75 Å². The minimum Gasteiger partial charge on any atom is -0.369 e. The van der Waals surface area contributed by atoms with E-state index in [1.807, 2.05) is 12.1 Å². The minimum absolute atomic E-state index is 0.0292. The van der Waals surface area contributed by atoms with Crippen LogP contribution < -0.4 is 9.62 Å². The van der Waals surface area contributed by atoms with Crippen LogP contribution in [-0.2, 0) is 10.0 Å². The topological polar surface area (TPSA) is 49.4 Å². The van der Waals surface area contributed by atoms with Crippen molar-refractivity contribution in [1.82, 2.24) is 0 Å². The van der Waals surface area contributed by atoms with Gasteiger partial charge in [-0.05, 0) is 42.5 Å². The standard InChI is InChI=1S/C21H29ClN2O2S3/c1-20(2,3)28-17-9-10-18(27-17)29(25,26)23-16-8-6-7-15(22)19(16)24-13-11-21(4,5)12-14-24/h6-10,23H,11-14H2,1-5H3. The smallest absolute Gasteiger partial charge is 0.271 e. The molecule has 0 amide bonds. The molecule has 1 N–H and O–H groups in total. The maximum Gasteiger partial charge on any atom is 0.271 e. The molecule has 3 rings (SSSR count). The molecule has 1 fully saturated rings. The summed E-state index contributed by atoms with van der Waals surface area (Å²) in [4.78, 5) is 2.20. The van der Waals surface area contributed by atoms with Crippen molar-refractivity contribution in [3.8, 4) is 0 Å². The van der Waals surface area contributed by atoms with Gasteiger partial charge in [0.05, 0.1) is 20.6 Å². The number of halogens is 1. The number of benzene rings is 1. The number of thioether (sulfide) groups is 1. The monoisotopic (exact) mass is 472 g/mol. The Labute approximate surface area is 188 Å². The van der Waals surface area contributed by atoms with Gasteiger partial charge in [-0.15, -0.1) is 23.1 Å². The summed E-state index contributed by atoms with van der Waals surface area (Å²) >= 11 is 9.47. The van der Waals surface area contributed by atoms with Crippen LogP contribution in [0.5, 0.6) is 0 Å². The van der Waals surface area contributed by atoms with Crippen LogP contribution in [0.15, 0.2) is 38.8 Å². The highest BCUT2D eigenvalue weighted by atomic mass is 35.5. The summed E-state index contributed by atoms with van der Waals surface area (Å²) < 4.78 is 30.2. The van der Waals surface area contributed by atoms with Gasteiger partial charge in [0.2, 0.25) is 0 Å². The van der Waals surface area contributed by atoms with Gasteiger partial charge in [-0.25, -0.2) is 8.42 Å². The van der Waals surface area contributed by atoms with Crippen molar-refractivity contribution in [1.29, 1.82) is 0 Å². The van der Waals surface area contributed by atoms with E-state index >= 15 is 0 Å². The zero-order chi connectivity index (χ0) is 21.4. The van der Waals surface area contributed by atoms with Crippen LogP contribution in [0.4, 0.5) is 11.4 Å². The molecule has 1 saturated heterocycles. The van der Waals surface area contributed by atoms with Gasteiger partial charge in [0.15, 0.2) is 0 Å². The van der Waals surface area contributed by atoms with Crippen molar-refractivity contribution in [3.63, 3.8) is 0 Å². The molecular weight excluding hydrogens is 444 g/mol. The first-order valence-electron chi connectivity index (χ1n) is 9.71. The molecule has 2 aromatic rings. The first-order chi connectivity index (χ1) is 13.4. The van der Waals surface area contributed by atoms with Crippen LogP contribution in [0.1, 0.15) is 47.5 Å². The van der Waals surface area contributed by atoms with Crippen molar-refractivity contribution in [2.45, 2.75) is 60.6 Å². The van der Waals surface area contributed by atoms with Gasteiger partial charge in [0.25, 0.3) is 10.0 Å². The van der Waals surface area contributed by atoms with Crippen LogP contribution in [0.2, 0.25) is 5.02 Å². The third kappa shape index (κ3) is 5.84. The number of nitrogens with zero attached hydrogens (tertiary/aromatic N) is 1. The quantitative estimate of drug-likeness (QED) is 0.490. The highest BCUT2D eigenvalue weighted by Crippen LogP contribution is 2.41. The fourth-order valence-electron chi connectivity index (χ4n) is 3.25. The largest absolute Gasteiger partial charge is 0.369 e. The van der Waals surface area contributed by atoms with Gasteiger partial charge >= 0.3 is 0 Å². The Hall–Kier alpha value is -0.890. The Morgan fingerprint density at radius 1 is 1.14 bits per heavy atom. The zero-order valence-corrected chi connectivity index (χ0v) is 20.8. The summed E-state index contributed by atoms with van der Waals surface area (Å²) in [7, 11) is -3.68. The van der Waals surface area contributed by atoms with Crippen LogP contribution in [-0.4, -0.2) is 26.3 Å². The lowest BCUT2D eigenvalue weighted by Crippen LogP contribution is -2.38. The van der Waals surface area contributed by atoms with E-state index in [0.29, 0.717) is 20.3 Å². The predicted molar refractivity (Wildman–Crippen MR) is 127 cm³/mol. The number of para-hydroxylation sites is 1. The summed E-state index contributed by atoms with van der Waals surface area (Å²) in [5.41, 5.74) is 1.61. The molecule has 0 saturated carbocycles. The second-order valence-electron chi connectivity index (χ2n) is 9.18. The number of sulfonamides is 1. The number of nitrogens with one attached hydrogen (secondary N) is 1. The fourth-order valence-corrected chi connectivity index (χ4v) is 7.74. The van der Waals surface area contributed by atoms with Crippen LogP contribution in [0.25, 0.3) is 0 Å². The molecule has 1 aromatic carbocycles. The van der Waals surface area contributed by atoms with E-state index in [2.05, 4.69) is 44.2 Å². The maximum atomic E-state index is 13.1. The molecule has 4 nitrogen and oxygen atoms in total. The number of thiophene rings is 1. The summed E-state index contributed by atoms with van der Waals surface area (Å²) in [6, 6.07) is 8.94. The lowest BCUT2D eigenvalue weighted by Gasteiger charge is -2.39. The molecule has 0 aliphatic carbocycles. The van der Waals surface area contributed by atoms with Crippen molar-refractivity contribution >= 4 is 56.1 Å². The molecule has 1 aliphatic heterocycles. The van der Waals surface area contributed by atoms with E-state index in [1.165, 1.54) is 11.3 Å². The van der Waals surface area contributed by atoms with Crippen molar-refractivity contribution in [3.05, 3.63) is 35.4 Å². The maximum absolute atomic E-state index is 13.1. The average molecular weight is 473 g/mol. The molecule has 8 heteroatoms. The Bertz CT molecular complexity index is 968. The minimum atomic E-state index is -3.68. The first-order valence-corrected chi connectivity index (χ1v) is 13.2. The third-order valence-corrected chi connectivity index (χ3v) is 9.38. The Balaban J connectivity index is 1.86. The molecule has 1 aromatic heterocycles. The van der Waals surface area contributed by atoms with E-state index < -0.39 is 10.0 Å². The third-order valence-electron chi connectivity index (χ3n) is 4.89. The highest BCUT2D eigenvalue weighted by Gasteiger charge is 2.29. The van der Waals surface area contributed by atoms with Gasteiger partial charge in [0.1, 0.15) is 4.21 Å². The van der Waals surface area contributed by atoms with Crippen LogP contribution >= 0.6 is 34.7 Å². The predicted octanol–water partition coefficient (Wildman–Crippen LogP) is 6.72. The van der Waals surface area contributed by atoms with E-state index in [4.69, 9.17) is 11.6 Å². The highest BCUT2D eigenvalue weighted by molar-refractivity contribution is 8.03. The van der Waals surface area contributed by atoms with E-state index in [9.17, 15) is 8.42 Å². The molecule has 0 spiro atoms. The molecule has 29 heavy (non-hydrogen) atoms. The summed E-state index contributed by atoms with van der Waals surface area (Å²) in [6.45, 7) is 12.6. The average Bonchev–Trinajstić information content (AvgIpc) is 3.03. The lowest BCUT2D eigenvalue weighted by molar-refractivity contribution is 0.280. The zero-order valence-electron chi connectivity index (χ0n) is 17.6. The summed E-state index contributed by atoms with van der Waals surface area (Å²) in [5, 5.41) is 0.570. The summed E-state index contributed by atoms with van der Waals surface area (Å²) in [5.74, 6) is 0. The molecular formula is C21H29ClN2O2S3. The number of rotatable bonds is 5. The van der Waals surface area contributed by atoms with Crippen molar-refractivity contribution < 1.29 is 8.42 Å². The van der Waals surface area contributed by atoms with Gasteiger partial charge in [-0.3, -0.25) is 4.72 Å². The summed E-state index contributed by atoms with van der Waals surface area (Å²) in [6.07, 6.45) is 2.09. The molecule has 1 aliphatic rings. The molecule has 0 bridgehead atoms. The number of hydrogen-bond donors (Lipinski definition) is 1. The molecule has 0 unspecified atom stereocenters. The number of hydrogen-bond acceptors (Lipinski definition) is 5.